The van der Waals surface area contributed by atoms with E-state index in [9.17, 15) is 9.59 Å². The van der Waals surface area contributed by atoms with Crippen molar-refractivity contribution in [2.24, 2.45) is 0 Å². The summed E-state index contributed by atoms with van der Waals surface area (Å²) < 4.78 is 2.92. The summed E-state index contributed by atoms with van der Waals surface area (Å²) in [6.45, 7) is 6.00. The standard InChI is InChI=1S/C23H23N5O2/c1-15-9-11-18(12-10-15)13-24-20(29)14-27-23(30)22-21(16(2)25-27)17(3)28(26-22)19-7-5-4-6-8-19/h4-12H,13-14H2,1-3H3,(H,24,29). The zero-order valence-electron chi connectivity index (χ0n) is 17.2. The van der Waals surface area contributed by atoms with Crippen molar-refractivity contribution in [1.82, 2.24) is 24.9 Å². The second-order valence-electron chi connectivity index (χ2n) is 7.37. The van der Waals surface area contributed by atoms with E-state index in [1.807, 2.05) is 75.4 Å². The SMILES string of the molecule is Cc1ccc(CNC(=O)Cn2nc(C)c3c(C)n(-c4ccccc4)nc3c2=O)cc1. The third kappa shape index (κ3) is 3.74. The molecule has 0 bridgehead atoms. The van der Waals surface area contributed by atoms with Crippen molar-refractivity contribution in [3.05, 3.63) is 87.5 Å². The predicted octanol–water partition coefficient (Wildman–Crippen LogP) is 2.82. The number of hydrogen-bond acceptors (Lipinski definition) is 4. The van der Waals surface area contributed by atoms with Gasteiger partial charge in [0.05, 0.1) is 22.5 Å². The lowest BCUT2D eigenvalue weighted by Crippen LogP contribution is -2.34. The minimum Gasteiger partial charge on any atom is -0.350 e. The first-order valence-corrected chi connectivity index (χ1v) is 9.79. The fourth-order valence-corrected chi connectivity index (χ4v) is 3.51. The molecule has 152 valence electrons. The van der Waals surface area contributed by atoms with Gasteiger partial charge >= 0.3 is 0 Å². The Morgan fingerprint density at radius 1 is 0.967 bits per heavy atom. The zero-order valence-corrected chi connectivity index (χ0v) is 17.2. The molecule has 7 nitrogen and oxygen atoms in total. The van der Waals surface area contributed by atoms with Gasteiger partial charge < -0.3 is 5.32 Å². The lowest BCUT2D eigenvalue weighted by Gasteiger charge is -2.08. The van der Waals surface area contributed by atoms with Crippen LogP contribution in [0.4, 0.5) is 0 Å². The van der Waals surface area contributed by atoms with Crippen LogP contribution in [-0.2, 0) is 17.9 Å². The van der Waals surface area contributed by atoms with Crippen molar-refractivity contribution in [3.63, 3.8) is 0 Å². The number of para-hydroxylation sites is 1. The zero-order chi connectivity index (χ0) is 21.3. The van der Waals surface area contributed by atoms with E-state index in [-0.39, 0.29) is 18.0 Å². The molecule has 30 heavy (non-hydrogen) atoms. The van der Waals surface area contributed by atoms with Gasteiger partial charge in [0, 0.05) is 6.54 Å². The molecule has 0 unspecified atom stereocenters. The smallest absolute Gasteiger partial charge is 0.295 e. The molecule has 2 aromatic heterocycles. The quantitative estimate of drug-likeness (QED) is 0.558. The van der Waals surface area contributed by atoms with Gasteiger partial charge in [0.1, 0.15) is 6.54 Å². The summed E-state index contributed by atoms with van der Waals surface area (Å²) in [5.41, 5.74) is 4.47. The minimum absolute atomic E-state index is 0.154. The third-order valence-electron chi connectivity index (χ3n) is 5.09. The van der Waals surface area contributed by atoms with Crippen LogP contribution in [-0.4, -0.2) is 25.5 Å². The van der Waals surface area contributed by atoms with Gasteiger partial charge in [-0.2, -0.15) is 10.2 Å². The largest absolute Gasteiger partial charge is 0.350 e. The lowest BCUT2D eigenvalue weighted by atomic mass is 10.1. The van der Waals surface area contributed by atoms with E-state index >= 15 is 0 Å². The number of rotatable bonds is 5. The molecule has 0 aliphatic carbocycles. The van der Waals surface area contributed by atoms with Crippen LogP contribution in [0.5, 0.6) is 0 Å². The number of aryl methyl sites for hydroxylation is 3. The van der Waals surface area contributed by atoms with Crippen molar-refractivity contribution in [1.29, 1.82) is 0 Å². The van der Waals surface area contributed by atoms with Gasteiger partial charge in [-0.15, -0.1) is 0 Å². The summed E-state index contributed by atoms with van der Waals surface area (Å²) in [7, 11) is 0. The molecule has 0 radical (unpaired) electrons. The van der Waals surface area contributed by atoms with Crippen LogP contribution in [0.1, 0.15) is 22.5 Å². The molecule has 0 aliphatic rings. The topological polar surface area (TPSA) is 81.8 Å². The molecule has 0 spiro atoms. The third-order valence-corrected chi connectivity index (χ3v) is 5.09. The molecule has 4 aromatic rings. The Morgan fingerprint density at radius 2 is 1.67 bits per heavy atom. The Balaban J connectivity index is 1.60. The number of nitrogens with one attached hydrogen (secondary N) is 1. The Kier molecular flexibility index (Phi) is 5.18. The number of benzene rings is 2. The number of fused-ring (bicyclic) bond motifs is 1. The van der Waals surface area contributed by atoms with Crippen LogP contribution in [0.15, 0.2) is 59.4 Å². The summed E-state index contributed by atoms with van der Waals surface area (Å²) in [6, 6.07) is 17.6. The Labute approximate surface area is 174 Å². The van der Waals surface area contributed by atoms with E-state index in [0.717, 1.165) is 27.9 Å². The van der Waals surface area contributed by atoms with E-state index in [1.165, 1.54) is 4.68 Å². The number of nitrogens with zero attached hydrogens (tertiary/aromatic N) is 4. The predicted molar refractivity (Wildman–Crippen MR) is 116 cm³/mol. The van der Waals surface area contributed by atoms with Crippen LogP contribution in [0, 0.1) is 20.8 Å². The van der Waals surface area contributed by atoms with E-state index in [2.05, 4.69) is 15.5 Å². The van der Waals surface area contributed by atoms with Crippen LogP contribution in [0.3, 0.4) is 0 Å². The van der Waals surface area contributed by atoms with Gasteiger partial charge in [0.15, 0.2) is 5.52 Å². The van der Waals surface area contributed by atoms with Gasteiger partial charge in [-0.1, -0.05) is 48.0 Å². The molecule has 1 amide bonds. The highest BCUT2D eigenvalue weighted by molar-refractivity contribution is 5.83. The molecule has 7 heteroatoms. The molecular formula is C23H23N5O2. The maximum absolute atomic E-state index is 13.0. The summed E-state index contributed by atoms with van der Waals surface area (Å²) in [4.78, 5) is 25.4. The summed E-state index contributed by atoms with van der Waals surface area (Å²) in [5.74, 6) is -0.275. The van der Waals surface area contributed by atoms with Crippen LogP contribution in [0.25, 0.3) is 16.6 Å². The molecule has 0 fully saturated rings. The second kappa shape index (κ2) is 7.94. The second-order valence-corrected chi connectivity index (χ2v) is 7.37. The summed E-state index contributed by atoms with van der Waals surface area (Å²) >= 11 is 0. The van der Waals surface area contributed by atoms with Crippen LogP contribution >= 0.6 is 0 Å². The number of carbonyl (C=O) groups excluding carboxylic acids is 1. The molecule has 2 heterocycles. The monoisotopic (exact) mass is 401 g/mol. The highest BCUT2D eigenvalue weighted by atomic mass is 16.2. The summed E-state index contributed by atoms with van der Waals surface area (Å²) in [5, 5.41) is 12.5. The van der Waals surface area contributed by atoms with Crippen molar-refractivity contribution in [2.45, 2.75) is 33.9 Å². The van der Waals surface area contributed by atoms with E-state index < -0.39 is 0 Å². The average Bonchev–Trinajstić information content (AvgIpc) is 3.10. The van der Waals surface area contributed by atoms with Gasteiger partial charge in [-0.05, 0) is 38.5 Å². The first kappa shape index (κ1) is 19.6. The van der Waals surface area contributed by atoms with Crippen LogP contribution in [0.2, 0.25) is 0 Å². The van der Waals surface area contributed by atoms with Crippen molar-refractivity contribution in [3.8, 4) is 5.69 Å². The Morgan fingerprint density at radius 3 is 2.37 bits per heavy atom. The molecule has 1 N–H and O–H groups in total. The first-order chi connectivity index (χ1) is 14.4. The van der Waals surface area contributed by atoms with Crippen molar-refractivity contribution < 1.29 is 4.79 Å². The molecule has 0 saturated heterocycles. The molecule has 0 atom stereocenters. The van der Waals surface area contributed by atoms with Gasteiger partial charge in [-0.25, -0.2) is 9.36 Å². The maximum Gasteiger partial charge on any atom is 0.295 e. The number of carbonyl (C=O) groups is 1. The fraction of sp³-hybridized carbons (Fsp3) is 0.217. The lowest BCUT2D eigenvalue weighted by molar-refractivity contribution is -0.122. The van der Waals surface area contributed by atoms with E-state index in [0.29, 0.717) is 17.8 Å². The normalized spacial score (nSPS) is 11.0. The average molecular weight is 401 g/mol. The van der Waals surface area contributed by atoms with Crippen molar-refractivity contribution in [2.75, 3.05) is 0 Å². The first-order valence-electron chi connectivity index (χ1n) is 9.79. The van der Waals surface area contributed by atoms with Crippen LogP contribution < -0.4 is 10.9 Å². The van der Waals surface area contributed by atoms with Crippen molar-refractivity contribution >= 4 is 16.8 Å². The Hall–Kier alpha value is -3.74. The molecular weight excluding hydrogens is 378 g/mol. The highest BCUT2D eigenvalue weighted by Gasteiger charge is 2.18. The molecule has 4 rings (SSSR count). The summed E-state index contributed by atoms with van der Waals surface area (Å²) in [6.07, 6.45) is 0. The van der Waals surface area contributed by atoms with Gasteiger partial charge in [0.2, 0.25) is 5.91 Å². The number of hydrogen-bond donors (Lipinski definition) is 1. The van der Waals surface area contributed by atoms with Gasteiger partial charge in [0.25, 0.3) is 5.56 Å². The number of amides is 1. The van der Waals surface area contributed by atoms with E-state index in [4.69, 9.17) is 0 Å². The highest BCUT2D eigenvalue weighted by Crippen LogP contribution is 2.20. The fourth-order valence-electron chi connectivity index (χ4n) is 3.51. The van der Waals surface area contributed by atoms with E-state index in [1.54, 1.807) is 4.68 Å². The Bertz CT molecular complexity index is 1270. The number of aromatic nitrogens is 4. The molecule has 2 aromatic carbocycles. The maximum atomic E-state index is 13.0. The molecule has 0 saturated carbocycles. The minimum atomic E-state index is -0.376. The van der Waals surface area contributed by atoms with Gasteiger partial charge in [-0.3, -0.25) is 9.59 Å². The molecule has 0 aliphatic heterocycles.